The number of nitrogens with zero attached hydrogens (tertiary/aromatic N) is 2. The highest BCUT2D eigenvalue weighted by Crippen LogP contribution is 2.33. The van der Waals surface area contributed by atoms with Crippen LogP contribution >= 0.6 is 11.3 Å². The summed E-state index contributed by atoms with van der Waals surface area (Å²) in [7, 11) is 0. The first-order chi connectivity index (χ1) is 12.5. The predicted octanol–water partition coefficient (Wildman–Crippen LogP) is 5.84. The Bertz CT molecular complexity index is 1070. The van der Waals surface area contributed by atoms with Crippen LogP contribution in [-0.2, 0) is 5.41 Å². The van der Waals surface area contributed by atoms with Crippen LogP contribution in [-0.4, -0.2) is 15.7 Å². The van der Waals surface area contributed by atoms with Gasteiger partial charge in [0.15, 0.2) is 11.2 Å². The Labute approximate surface area is 157 Å². The van der Waals surface area contributed by atoms with E-state index in [0.29, 0.717) is 5.69 Å². The first-order valence-corrected chi connectivity index (χ1v) is 9.48. The van der Waals surface area contributed by atoms with Crippen LogP contribution in [0.15, 0.2) is 60.0 Å². The Kier molecular flexibility index (Phi) is 4.00. The zero-order valence-electron chi connectivity index (χ0n) is 15.1. The molecule has 2 aromatic heterocycles. The number of benzene rings is 2. The molecule has 4 heteroatoms. The van der Waals surface area contributed by atoms with Gasteiger partial charge in [-0.2, -0.15) is 0 Å². The molecule has 2 aromatic carbocycles. The Hall–Kier alpha value is -2.72. The van der Waals surface area contributed by atoms with Gasteiger partial charge in [-0.15, -0.1) is 11.3 Å². The molecule has 130 valence electrons. The number of aromatic nitrogens is 2. The summed E-state index contributed by atoms with van der Waals surface area (Å²) in [4.78, 5) is 17.4. The quantitative estimate of drug-likeness (QED) is 0.430. The summed E-state index contributed by atoms with van der Waals surface area (Å²) in [6, 6.07) is 18.4. The number of aldehydes is 1. The highest BCUT2D eigenvalue weighted by atomic mass is 32.1. The third-order valence-electron chi connectivity index (χ3n) is 4.60. The molecule has 0 bridgehead atoms. The minimum absolute atomic E-state index is 0.117. The molecule has 0 saturated carbocycles. The normalized spacial score (nSPS) is 11.8. The van der Waals surface area contributed by atoms with Gasteiger partial charge in [0.1, 0.15) is 11.4 Å². The Balaban J connectivity index is 1.87. The molecular formula is C22H20N2OS. The van der Waals surface area contributed by atoms with Crippen molar-refractivity contribution in [1.29, 1.82) is 0 Å². The molecule has 0 N–H and O–H groups in total. The van der Waals surface area contributed by atoms with Gasteiger partial charge in [0.2, 0.25) is 0 Å². The Morgan fingerprint density at radius 2 is 1.65 bits per heavy atom. The molecule has 26 heavy (non-hydrogen) atoms. The zero-order chi connectivity index (χ0) is 18.3. The maximum absolute atomic E-state index is 11.9. The summed E-state index contributed by atoms with van der Waals surface area (Å²) in [5.41, 5.74) is 5.79. The van der Waals surface area contributed by atoms with Gasteiger partial charge >= 0.3 is 0 Å². The van der Waals surface area contributed by atoms with Gasteiger partial charge in [-0.25, -0.2) is 4.98 Å². The second-order valence-corrected chi connectivity index (χ2v) is 8.23. The molecule has 0 amide bonds. The van der Waals surface area contributed by atoms with Crippen molar-refractivity contribution < 1.29 is 4.79 Å². The van der Waals surface area contributed by atoms with Gasteiger partial charge < -0.3 is 0 Å². The van der Waals surface area contributed by atoms with E-state index in [-0.39, 0.29) is 5.41 Å². The molecule has 0 spiro atoms. The molecule has 0 atom stereocenters. The second kappa shape index (κ2) is 6.22. The van der Waals surface area contributed by atoms with Crippen molar-refractivity contribution in [3.63, 3.8) is 0 Å². The standard InChI is InChI=1S/C22H20N2OS/c1-22(2,3)17-11-9-15(10-12-17)19-14-26-21-23-20(18(13-25)24(19)21)16-7-5-4-6-8-16/h4-14H,1-3H3. The van der Waals surface area contributed by atoms with E-state index in [2.05, 4.69) is 50.4 Å². The van der Waals surface area contributed by atoms with Crippen molar-refractivity contribution in [2.24, 2.45) is 0 Å². The Morgan fingerprint density at radius 1 is 0.962 bits per heavy atom. The van der Waals surface area contributed by atoms with E-state index in [4.69, 9.17) is 4.98 Å². The smallest absolute Gasteiger partial charge is 0.195 e. The molecule has 0 saturated heterocycles. The van der Waals surface area contributed by atoms with E-state index < -0.39 is 0 Å². The van der Waals surface area contributed by atoms with Gasteiger partial charge in [0, 0.05) is 10.9 Å². The third-order valence-corrected chi connectivity index (χ3v) is 5.43. The molecule has 0 unspecified atom stereocenters. The lowest BCUT2D eigenvalue weighted by atomic mass is 9.86. The summed E-state index contributed by atoms with van der Waals surface area (Å²) in [6.45, 7) is 6.62. The molecule has 0 aliphatic carbocycles. The van der Waals surface area contributed by atoms with Crippen molar-refractivity contribution >= 4 is 22.6 Å². The average Bonchev–Trinajstić information content (AvgIpc) is 3.20. The number of imidazole rings is 1. The molecular weight excluding hydrogens is 340 g/mol. The highest BCUT2D eigenvalue weighted by Gasteiger charge is 2.19. The monoisotopic (exact) mass is 360 g/mol. The van der Waals surface area contributed by atoms with Crippen molar-refractivity contribution in [3.8, 4) is 22.5 Å². The van der Waals surface area contributed by atoms with E-state index in [1.165, 1.54) is 5.56 Å². The minimum atomic E-state index is 0.117. The predicted molar refractivity (Wildman–Crippen MR) is 108 cm³/mol. The van der Waals surface area contributed by atoms with Crippen LogP contribution in [0, 0.1) is 0 Å². The first-order valence-electron chi connectivity index (χ1n) is 8.60. The third kappa shape index (κ3) is 2.76. The van der Waals surface area contributed by atoms with E-state index >= 15 is 0 Å². The first kappa shape index (κ1) is 16.7. The number of carbonyl (C=O) groups is 1. The van der Waals surface area contributed by atoms with E-state index in [1.54, 1.807) is 11.3 Å². The molecule has 3 nitrogen and oxygen atoms in total. The summed E-state index contributed by atoms with van der Waals surface area (Å²) < 4.78 is 1.96. The van der Waals surface area contributed by atoms with Crippen molar-refractivity contribution in [2.75, 3.05) is 0 Å². The van der Waals surface area contributed by atoms with E-state index in [9.17, 15) is 4.79 Å². The highest BCUT2D eigenvalue weighted by molar-refractivity contribution is 7.15. The average molecular weight is 360 g/mol. The molecule has 4 aromatic rings. The van der Waals surface area contributed by atoms with Crippen LogP contribution in [0.4, 0.5) is 0 Å². The van der Waals surface area contributed by atoms with Gasteiger partial charge in [0.05, 0.1) is 5.69 Å². The van der Waals surface area contributed by atoms with Crippen LogP contribution in [0.5, 0.6) is 0 Å². The van der Waals surface area contributed by atoms with Gasteiger partial charge in [-0.1, -0.05) is 75.4 Å². The fourth-order valence-corrected chi connectivity index (χ4v) is 4.04. The van der Waals surface area contributed by atoms with Crippen LogP contribution < -0.4 is 0 Å². The molecule has 4 rings (SSSR count). The zero-order valence-corrected chi connectivity index (χ0v) is 15.9. The molecule has 0 radical (unpaired) electrons. The molecule has 2 heterocycles. The van der Waals surface area contributed by atoms with Crippen molar-refractivity contribution in [3.05, 3.63) is 71.2 Å². The van der Waals surface area contributed by atoms with Gasteiger partial charge in [-0.3, -0.25) is 9.20 Å². The minimum Gasteiger partial charge on any atom is -0.296 e. The maximum Gasteiger partial charge on any atom is 0.195 e. The van der Waals surface area contributed by atoms with Crippen molar-refractivity contribution in [1.82, 2.24) is 9.38 Å². The lowest BCUT2D eigenvalue weighted by molar-refractivity contribution is 0.111. The summed E-state index contributed by atoms with van der Waals surface area (Å²) in [5.74, 6) is 0. The molecule has 0 aliphatic rings. The number of fused-ring (bicyclic) bond motifs is 1. The maximum atomic E-state index is 11.9. The summed E-state index contributed by atoms with van der Waals surface area (Å²) >= 11 is 1.56. The number of rotatable bonds is 3. The van der Waals surface area contributed by atoms with Crippen molar-refractivity contribution in [2.45, 2.75) is 26.2 Å². The largest absolute Gasteiger partial charge is 0.296 e. The molecule has 0 fully saturated rings. The SMILES string of the molecule is CC(C)(C)c1ccc(-c2csc3nc(-c4ccccc4)c(C=O)n23)cc1. The number of hydrogen-bond acceptors (Lipinski definition) is 3. The fourth-order valence-electron chi connectivity index (χ4n) is 3.14. The number of carbonyl (C=O) groups excluding carboxylic acids is 1. The van der Waals surface area contributed by atoms with Gasteiger partial charge in [0.25, 0.3) is 0 Å². The topological polar surface area (TPSA) is 34.4 Å². The lowest BCUT2D eigenvalue weighted by Gasteiger charge is -2.19. The second-order valence-electron chi connectivity index (χ2n) is 7.40. The van der Waals surface area contributed by atoms with Crippen LogP contribution in [0.2, 0.25) is 0 Å². The fraction of sp³-hybridized carbons (Fsp3) is 0.182. The van der Waals surface area contributed by atoms with E-state index in [0.717, 1.165) is 33.8 Å². The van der Waals surface area contributed by atoms with Gasteiger partial charge in [-0.05, 0) is 16.5 Å². The number of thiazole rings is 1. The summed E-state index contributed by atoms with van der Waals surface area (Å²) in [5, 5.41) is 2.07. The van der Waals surface area contributed by atoms with Crippen LogP contribution in [0.3, 0.4) is 0 Å². The molecule has 0 aliphatic heterocycles. The summed E-state index contributed by atoms with van der Waals surface area (Å²) in [6.07, 6.45) is 0.905. The lowest BCUT2D eigenvalue weighted by Crippen LogP contribution is -2.10. The van der Waals surface area contributed by atoms with E-state index in [1.807, 2.05) is 34.7 Å². The number of hydrogen-bond donors (Lipinski definition) is 0. The Morgan fingerprint density at radius 3 is 2.27 bits per heavy atom. The van der Waals surface area contributed by atoms with Crippen LogP contribution in [0.25, 0.3) is 27.5 Å². The van der Waals surface area contributed by atoms with Crippen LogP contribution in [0.1, 0.15) is 36.8 Å².